The van der Waals surface area contributed by atoms with E-state index in [1.807, 2.05) is 23.1 Å². The first-order chi connectivity index (χ1) is 23.3. The molecule has 49 heavy (non-hydrogen) atoms. The zero-order chi connectivity index (χ0) is 34.9. The number of benzene rings is 2. The average Bonchev–Trinajstić information content (AvgIpc) is 3.67. The van der Waals surface area contributed by atoms with Crippen LogP contribution in [0.2, 0.25) is 5.02 Å². The number of carboxylic acid groups (broad SMARTS) is 1. The van der Waals surface area contributed by atoms with Crippen LogP contribution < -0.4 is 15.4 Å². The van der Waals surface area contributed by atoms with E-state index in [2.05, 4.69) is 15.1 Å². The van der Waals surface area contributed by atoms with Gasteiger partial charge in [0, 0.05) is 42.5 Å². The van der Waals surface area contributed by atoms with Crippen LogP contribution in [0.4, 0.5) is 29.7 Å². The Kier molecular flexibility index (Phi) is 9.29. The van der Waals surface area contributed by atoms with Gasteiger partial charge < -0.3 is 25.2 Å². The summed E-state index contributed by atoms with van der Waals surface area (Å²) in [5, 5.41) is 14.4. The monoisotopic (exact) mass is 699 g/mol. The topological polar surface area (TPSA) is 149 Å². The second-order valence-electron chi connectivity index (χ2n) is 12.3. The number of nitrogens with zero attached hydrogens (tertiary/aromatic N) is 6. The number of carbonyl (C=O) groups excluding carboxylic acids is 1. The summed E-state index contributed by atoms with van der Waals surface area (Å²) in [6, 6.07) is 14.9. The van der Waals surface area contributed by atoms with Gasteiger partial charge in [-0.25, -0.2) is 14.3 Å². The van der Waals surface area contributed by atoms with Crippen LogP contribution in [0.1, 0.15) is 42.2 Å². The van der Waals surface area contributed by atoms with Crippen LogP contribution in [-0.2, 0) is 16.1 Å². The molecule has 0 saturated carbocycles. The second kappa shape index (κ2) is 13.5. The molecule has 2 aliphatic heterocycles. The van der Waals surface area contributed by atoms with Crippen LogP contribution in [0.15, 0.2) is 66.9 Å². The second-order valence-corrected chi connectivity index (χ2v) is 12.7. The maximum atomic E-state index is 14.6. The maximum Gasteiger partial charge on any atom is 0.429 e. The quantitative estimate of drug-likeness (QED) is 0.225. The highest BCUT2D eigenvalue weighted by Gasteiger charge is 2.51. The zero-order valence-electron chi connectivity index (χ0n) is 26.3. The number of rotatable bonds is 8. The van der Waals surface area contributed by atoms with Crippen LogP contribution in [-0.4, -0.2) is 73.7 Å². The molecule has 2 aromatic heterocycles. The minimum absolute atomic E-state index is 0.0142. The number of ether oxygens (including phenoxy) is 2. The molecule has 0 radical (unpaired) electrons. The summed E-state index contributed by atoms with van der Waals surface area (Å²) in [6.07, 6.45) is -5.27. The summed E-state index contributed by atoms with van der Waals surface area (Å²) in [7, 11) is 0. The van der Waals surface area contributed by atoms with Crippen molar-refractivity contribution in [2.45, 2.75) is 51.1 Å². The molecule has 6 rings (SSSR count). The van der Waals surface area contributed by atoms with Crippen molar-refractivity contribution in [1.29, 1.82) is 0 Å². The van der Waals surface area contributed by atoms with Gasteiger partial charge in [0.05, 0.1) is 11.4 Å². The number of nitrogens with two attached hydrogens (primary N) is 1. The number of hydrogen-bond acceptors (Lipinski definition) is 9. The number of carboxylic acids is 1. The lowest BCUT2D eigenvalue weighted by molar-refractivity contribution is -0.198. The molecule has 3 N–H and O–H groups in total. The van der Waals surface area contributed by atoms with Gasteiger partial charge in [-0.1, -0.05) is 48.0 Å². The molecule has 2 atom stereocenters. The molecule has 16 heteroatoms. The minimum atomic E-state index is -4.86. The van der Waals surface area contributed by atoms with E-state index >= 15 is 0 Å². The molecule has 12 nitrogen and oxygen atoms in total. The lowest BCUT2D eigenvalue weighted by atomic mass is 9.76. The summed E-state index contributed by atoms with van der Waals surface area (Å²) >= 11 is 6.15. The average molecular weight is 700 g/mol. The van der Waals surface area contributed by atoms with Gasteiger partial charge >= 0.3 is 18.2 Å². The fourth-order valence-corrected chi connectivity index (χ4v) is 6.58. The fourth-order valence-electron chi connectivity index (χ4n) is 6.41. The van der Waals surface area contributed by atoms with Gasteiger partial charge in [0.1, 0.15) is 18.5 Å². The Balaban J connectivity index is 1.18. The summed E-state index contributed by atoms with van der Waals surface area (Å²) in [4.78, 5) is 36.4. The van der Waals surface area contributed by atoms with Crippen LogP contribution in [0.3, 0.4) is 0 Å². The molecule has 0 aliphatic carbocycles. The van der Waals surface area contributed by atoms with Gasteiger partial charge in [-0.2, -0.15) is 28.2 Å². The predicted molar refractivity (Wildman–Crippen MR) is 172 cm³/mol. The first-order valence-corrected chi connectivity index (χ1v) is 15.8. The van der Waals surface area contributed by atoms with Crippen LogP contribution in [0.5, 0.6) is 5.88 Å². The number of nitrogen functional groups attached to an aromatic ring is 1. The standard InChI is InChI=1S/C33H33ClF3N7O5/c1-20-9-12-44(41-20)24-15-22(34)7-8-23(24)28(33(35,36)37)49-27-16-26(39-30(38)40-27)42-13-10-32(11-14-42)17-25(29(45)46)43(19-32)31(47)48-18-21-5-3-2-4-6-21/h2-9,12,15-16,25,28H,10-11,13-14,17-19H2,1H3,(H,45,46)(H2,38,39,40)/t25?,28-/m1/s1. The van der Waals surface area contributed by atoms with Gasteiger partial charge in [-0.3, -0.25) is 4.90 Å². The highest BCUT2D eigenvalue weighted by Crippen LogP contribution is 2.45. The molecule has 2 aliphatic rings. The number of likely N-dealkylation sites (tertiary alicyclic amines) is 1. The highest BCUT2D eigenvalue weighted by molar-refractivity contribution is 6.30. The Bertz CT molecular complexity index is 1830. The van der Waals surface area contributed by atoms with E-state index < -0.39 is 35.8 Å². The van der Waals surface area contributed by atoms with Crippen molar-refractivity contribution >= 4 is 35.4 Å². The van der Waals surface area contributed by atoms with Crippen LogP contribution >= 0.6 is 11.6 Å². The van der Waals surface area contributed by atoms with Gasteiger partial charge in [0.15, 0.2) is 0 Å². The van der Waals surface area contributed by atoms with Crippen molar-refractivity contribution < 1.29 is 37.3 Å². The Labute approximate surface area is 284 Å². The van der Waals surface area contributed by atoms with Gasteiger partial charge in [0.25, 0.3) is 0 Å². The summed E-state index contributed by atoms with van der Waals surface area (Å²) in [6.45, 7) is 2.66. The van der Waals surface area contributed by atoms with Gasteiger partial charge in [0.2, 0.25) is 17.9 Å². The van der Waals surface area contributed by atoms with E-state index in [0.29, 0.717) is 31.6 Å². The Morgan fingerprint density at radius 2 is 1.84 bits per heavy atom. The number of aliphatic carboxylic acids is 1. The van der Waals surface area contributed by atoms with Gasteiger partial charge in [-0.05, 0) is 55.4 Å². The summed E-state index contributed by atoms with van der Waals surface area (Å²) in [5.74, 6) is -1.54. The van der Waals surface area contributed by atoms with Crippen LogP contribution in [0.25, 0.3) is 5.69 Å². The van der Waals surface area contributed by atoms with Crippen molar-refractivity contribution in [1.82, 2.24) is 24.6 Å². The van der Waals surface area contributed by atoms with Crippen molar-refractivity contribution in [2.75, 3.05) is 30.3 Å². The zero-order valence-corrected chi connectivity index (χ0v) is 27.1. The number of amides is 1. The number of aryl methyl sites for hydroxylation is 1. The van der Waals surface area contributed by atoms with E-state index in [9.17, 15) is 27.9 Å². The van der Waals surface area contributed by atoms with E-state index in [1.165, 1.54) is 40.0 Å². The Morgan fingerprint density at radius 3 is 2.49 bits per heavy atom. The highest BCUT2D eigenvalue weighted by atomic mass is 35.5. The molecule has 1 unspecified atom stereocenters. The molecular weight excluding hydrogens is 667 g/mol. The van der Waals surface area contributed by atoms with Crippen molar-refractivity contribution in [3.05, 3.63) is 88.7 Å². The summed E-state index contributed by atoms with van der Waals surface area (Å²) < 4.78 is 56.0. The predicted octanol–water partition coefficient (Wildman–Crippen LogP) is 5.97. The van der Waals surface area contributed by atoms with Gasteiger partial charge in [-0.15, -0.1) is 0 Å². The third-order valence-electron chi connectivity index (χ3n) is 8.87. The smallest absolute Gasteiger partial charge is 0.429 e. The van der Waals surface area contributed by atoms with Crippen LogP contribution in [0, 0.1) is 12.3 Å². The maximum absolute atomic E-state index is 14.6. The molecule has 0 bridgehead atoms. The summed E-state index contributed by atoms with van der Waals surface area (Å²) in [5.41, 5.74) is 6.68. The molecule has 2 aromatic carbocycles. The third-order valence-corrected chi connectivity index (χ3v) is 9.10. The number of halogens is 4. The lowest BCUT2D eigenvalue weighted by Crippen LogP contribution is -2.43. The molecule has 2 fully saturated rings. The molecule has 4 heterocycles. The third kappa shape index (κ3) is 7.51. The first-order valence-electron chi connectivity index (χ1n) is 15.5. The number of alkyl halides is 3. The number of piperidine rings is 1. The Morgan fingerprint density at radius 1 is 1.10 bits per heavy atom. The number of hydrogen-bond donors (Lipinski definition) is 2. The largest absolute Gasteiger partial charge is 0.480 e. The number of anilines is 2. The first kappa shape index (κ1) is 33.8. The minimum Gasteiger partial charge on any atom is -0.480 e. The molecule has 1 spiro atoms. The molecule has 2 saturated heterocycles. The van der Waals surface area contributed by atoms with E-state index in [-0.39, 0.29) is 53.5 Å². The van der Waals surface area contributed by atoms with E-state index in [4.69, 9.17) is 26.8 Å². The van der Waals surface area contributed by atoms with E-state index in [0.717, 1.165) is 5.56 Å². The number of aromatic nitrogens is 4. The van der Waals surface area contributed by atoms with E-state index in [1.54, 1.807) is 25.1 Å². The lowest BCUT2D eigenvalue weighted by Gasteiger charge is -2.39. The molecule has 1 amide bonds. The van der Waals surface area contributed by atoms with Crippen molar-refractivity contribution in [2.24, 2.45) is 5.41 Å². The molecular formula is C33H33ClF3N7O5. The number of carbonyl (C=O) groups is 2. The fraction of sp³-hybridized carbons (Fsp3) is 0.364. The van der Waals surface area contributed by atoms with Crippen molar-refractivity contribution in [3.63, 3.8) is 0 Å². The molecule has 4 aromatic rings. The van der Waals surface area contributed by atoms with Crippen molar-refractivity contribution in [3.8, 4) is 11.6 Å². The molecule has 258 valence electrons. The normalized spacial score (nSPS) is 18.0. The Hall–Kier alpha value is -5.05. The SMILES string of the molecule is Cc1ccn(-c2cc(Cl)ccc2[C@@H](Oc2cc(N3CCC4(CC3)CC(C(=O)O)N(C(=O)OCc3ccccc3)C4)nc(N)n2)C(F)(F)F)n1.